The Labute approximate surface area is 96.6 Å². The van der Waals surface area contributed by atoms with Crippen molar-refractivity contribution in [2.24, 2.45) is 10.4 Å². The van der Waals surface area contributed by atoms with E-state index in [1.54, 1.807) is 11.8 Å². The zero-order chi connectivity index (χ0) is 11.3. The lowest BCUT2D eigenvalue weighted by Gasteiger charge is -2.24. The quantitative estimate of drug-likeness (QED) is 0.361. The summed E-state index contributed by atoms with van der Waals surface area (Å²) >= 11 is 1.56. The number of likely N-dealkylation sites (tertiary alicyclic amines) is 1. The molecule has 0 spiro atoms. The van der Waals surface area contributed by atoms with Gasteiger partial charge in [-0.15, -0.1) is 4.99 Å². The molecule has 0 amide bonds. The summed E-state index contributed by atoms with van der Waals surface area (Å²) in [5.74, 6) is 0. The van der Waals surface area contributed by atoms with Crippen molar-refractivity contribution in [2.45, 2.75) is 33.1 Å². The molecule has 0 aromatic rings. The van der Waals surface area contributed by atoms with Crippen LogP contribution in [-0.4, -0.2) is 29.4 Å². The van der Waals surface area contributed by atoms with Gasteiger partial charge in [-0.1, -0.05) is 25.6 Å². The number of nitriles is 1. The minimum Gasteiger partial charge on any atom is -0.351 e. The first-order valence-electron chi connectivity index (χ1n) is 5.35. The summed E-state index contributed by atoms with van der Waals surface area (Å²) in [5, 5.41) is 9.46. The summed E-state index contributed by atoms with van der Waals surface area (Å²) < 4.78 is 0. The van der Waals surface area contributed by atoms with E-state index in [0.29, 0.717) is 5.41 Å². The molecule has 0 atom stereocenters. The molecule has 0 N–H and O–H groups in total. The number of rotatable bonds is 0. The Morgan fingerprint density at radius 1 is 1.40 bits per heavy atom. The molecule has 1 rings (SSSR count). The lowest BCUT2D eigenvalue weighted by molar-refractivity contribution is 0.314. The molecule has 3 nitrogen and oxygen atoms in total. The van der Waals surface area contributed by atoms with Gasteiger partial charge in [-0.25, -0.2) is 0 Å². The predicted molar refractivity (Wildman–Crippen MR) is 65.8 cm³/mol. The van der Waals surface area contributed by atoms with E-state index >= 15 is 0 Å². The highest BCUT2D eigenvalue weighted by Gasteiger charge is 2.24. The molecule has 4 heteroatoms. The first-order valence-corrected chi connectivity index (χ1v) is 6.57. The van der Waals surface area contributed by atoms with Crippen molar-refractivity contribution >= 4 is 16.9 Å². The SMILES string of the molecule is CSC(=NC#N)N1CCCC(C)(C)CC1. The Morgan fingerprint density at radius 2 is 2.13 bits per heavy atom. The van der Waals surface area contributed by atoms with E-state index in [-0.39, 0.29) is 0 Å². The Hall–Kier alpha value is -0.690. The molecule has 0 unspecified atom stereocenters. The van der Waals surface area contributed by atoms with Gasteiger partial charge in [-0.05, 0) is 30.9 Å². The van der Waals surface area contributed by atoms with Crippen LogP contribution in [0.4, 0.5) is 0 Å². The average Bonchev–Trinajstić information content (AvgIpc) is 2.36. The normalized spacial score (nSPS) is 22.0. The van der Waals surface area contributed by atoms with Crippen LogP contribution in [0, 0.1) is 16.9 Å². The van der Waals surface area contributed by atoms with Gasteiger partial charge in [-0.2, -0.15) is 5.26 Å². The minimum absolute atomic E-state index is 0.435. The van der Waals surface area contributed by atoms with Crippen molar-refractivity contribution in [2.75, 3.05) is 19.3 Å². The first kappa shape index (κ1) is 12.4. The van der Waals surface area contributed by atoms with E-state index < -0.39 is 0 Å². The number of nitrogens with zero attached hydrogens (tertiary/aromatic N) is 3. The van der Waals surface area contributed by atoms with Gasteiger partial charge in [0.1, 0.15) is 0 Å². The van der Waals surface area contributed by atoms with E-state index in [1.165, 1.54) is 19.3 Å². The molecule has 1 heterocycles. The van der Waals surface area contributed by atoms with Gasteiger partial charge in [0.2, 0.25) is 6.19 Å². The molecule has 0 aliphatic carbocycles. The second-order valence-electron chi connectivity index (χ2n) is 4.70. The zero-order valence-electron chi connectivity index (χ0n) is 9.79. The molecule has 1 fully saturated rings. The van der Waals surface area contributed by atoms with E-state index in [4.69, 9.17) is 5.26 Å². The second-order valence-corrected chi connectivity index (χ2v) is 5.48. The summed E-state index contributed by atoms with van der Waals surface area (Å²) in [6.07, 6.45) is 7.49. The Morgan fingerprint density at radius 3 is 2.73 bits per heavy atom. The largest absolute Gasteiger partial charge is 0.351 e. The van der Waals surface area contributed by atoms with E-state index in [1.807, 2.05) is 12.4 Å². The summed E-state index contributed by atoms with van der Waals surface area (Å²) in [6.45, 7) is 6.69. The third kappa shape index (κ3) is 3.75. The maximum Gasteiger partial charge on any atom is 0.208 e. The molecular formula is C11H19N3S. The van der Waals surface area contributed by atoms with E-state index in [0.717, 1.165) is 18.3 Å². The Kier molecular flexibility index (Phi) is 4.46. The average molecular weight is 225 g/mol. The highest BCUT2D eigenvalue weighted by atomic mass is 32.2. The van der Waals surface area contributed by atoms with Crippen LogP contribution < -0.4 is 0 Å². The second kappa shape index (κ2) is 5.41. The molecule has 1 aliphatic heterocycles. The highest BCUT2D eigenvalue weighted by molar-refractivity contribution is 8.13. The Bertz CT molecular complexity index is 278. The standard InChI is InChI=1S/C11H19N3S/c1-11(2)5-4-7-14(8-6-11)10(15-3)13-9-12/h4-8H2,1-3H3. The fraction of sp³-hybridized carbons (Fsp3) is 0.818. The first-order chi connectivity index (χ1) is 7.09. The summed E-state index contributed by atoms with van der Waals surface area (Å²) in [5.41, 5.74) is 0.435. The molecule has 1 aliphatic rings. The summed E-state index contributed by atoms with van der Waals surface area (Å²) in [7, 11) is 0. The molecule has 15 heavy (non-hydrogen) atoms. The maximum atomic E-state index is 8.59. The molecule has 0 aromatic carbocycles. The van der Waals surface area contributed by atoms with Crippen molar-refractivity contribution in [3.8, 4) is 6.19 Å². The third-order valence-corrected chi connectivity index (χ3v) is 3.65. The van der Waals surface area contributed by atoms with Gasteiger partial charge in [0.15, 0.2) is 5.17 Å². The van der Waals surface area contributed by atoms with Gasteiger partial charge >= 0.3 is 0 Å². The van der Waals surface area contributed by atoms with Crippen molar-refractivity contribution in [3.63, 3.8) is 0 Å². The molecule has 0 radical (unpaired) electrons. The van der Waals surface area contributed by atoms with Crippen LogP contribution in [0.1, 0.15) is 33.1 Å². The lowest BCUT2D eigenvalue weighted by atomic mass is 9.85. The monoisotopic (exact) mass is 225 g/mol. The zero-order valence-corrected chi connectivity index (χ0v) is 10.6. The fourth-order valence-electron chi connectivity index (χ4n) is 1.90. The number of amidine groups is 1. The molecule has 1 saturated heterocycles. The smallest absolute Gasteiger partial charge is 0.208 e. The lowest BCUT2D eigenvalue weighted by Crippen LogP contribution is -2.30. The van der Waals surface area contributed by atoms with Crippen molar-refractivity contribution < 1.29 is 0 Å². The van der Waals surface area contributed by atoms with Gasteiger partial charge < -0.3 is 4.90 Å². The van der Waals surface area contributed by atoms with Crippen LogP contribution in [0.15, 0.2) is 4.99 Å². The number of thioether (sulfide) groups is 1. The summed E-state index contributed by atoms with van der Waals surface area (Å²) in [4.78, 5) is 6.11. The van der Waals surface area contributed by atoms with E-state index in [9.17, 15) is 0 Å². The van der Waals surface area contributed by atoms with Crippen LogP contribution in [-0.2, 0) is 0 Å². The van der Waals surface area contributed by atoms with Gasteiger partial charge in [0.05, 0.1) is 0 Å². The van der Waals surface area contributed by atoms with Crippen molar-refractivity contribution in [3.05, 3.63) is 0 Å². The number of hydrogen-bond acceptors (Lipinski definition) is 3. The molecule has 84 valence electrons. The van der Waals surface area contributed by atoms with Crippen LogP contribution >= 0.6 is 11.8 Å². The molecule has 0 aromatic heterocycles. The van der Waals surface area contributed by atoms with Crippen LogP contribution in [0.3, 0.4) is 0 Å². The summed E-state index contributed by atoms with van der Waals surface area (Å²) in [6, 6.07) is 0. The predicted octanol–water partition coefficient (Wildman–Crippen LogP) is 2.70. The fourth-order valence-corrected chi connectivity index (χ4v) is 2.48. The van der Waals surface area contributed by atoms with Crippen molar-refractivity contribution in [1.29, 1.82) is 5.26 Å². The van der Waals surface area contributed by atoms with Crippen LogP contribution in [0.5, 0.6) is 0 Å². The van der Waals surface area contributed by atoms with Gasteiger partial charge in [-0.3, -0.25) is 0 Å². The molecule has 0 saturated carbocycles. The maximum absolute atomic E-state index is 8.59. The van der Waals surface area contributed by atoms with Gasteiger partial charge in [0.25, 0.3) is 0 Å². The molecular weight excluding hydrogens is 206 g/mol. The third-order valence-electron chi connectivity index (χ3n) is 2.94. The van der Waals surface area contributed by atoms with Gasteiger partial charge in [0, 0.05) is 13.1 Å². The topological polar surface area (TPSA) is 39.4 Å². The number of aliphatic imine (C=N–C) groups is 1. The Balaban J connectivity index is 2.65. The van der Waals surface area contributed by atoms with Crippen LogP contribution in [0.25, 0.3) is 0 Å². The minimum atomic E-state index is 0.435. The highest BCUT2D eigenvalue weighted by Crippen LogP contribution is 2.30. The van der Waals surface area contributed by atoms with Crippen LogP contribution in [0.2, 0.25) is 0 Å². The van der Waals surface area contributed by atoms with E-state index in [2.05, 4.69) is 23.7 Å². The number of hydrogen-bond donors (Lipinski definition) is 0. The van der Waals surface area contributed by atoms with Crippen molar-refractivity contribution in [1.82, 2.24) is 4.90 Å². The molecule has 0 bridgehead atoms.